The molecule has 1 heterocycles. The third kappa shape index (κ3) is 5.83. The summed E-state index contributed by atoms with van der Waals surface area (Å²) in [5.74, 6) is 0.903. The number of aromatic nitrogens is 2. The van der Waals surface area contributed by atoms with Gasteiger partial charge in [-0.15, -0.1) is 0 Å². The Balaban J connectivity index is 2.17. The Morgan fingerprint density at radius 2 is 2.08 bits per heavy atom. The monoisotopic (exact) mass is 364 g/mol. The molecule has 1 atom stereocenters. The number of halogens is 1. The number of amides is 1. The maximum Gasteiger partial charge on any atom is 0.259 e. The molecule has 25 heavy (non-hydrogen) atoms. The van der Waals surface area contributed by atoms with Crippen molar-refractivity contribution in [3.8, 4) is 11.5 Å². The van der Waals surface area contributed by atoms with Crippen LogP contribution in [0.15, 0.2) is 22.7 Å². The minimum Gasteiger partial charge on any atom is -0.334 e. The zero-order valence-corrected chi connectivity index (χ0v) is 16.1. The molecule has 0 fully saturated rings. The molecule has 0 aliphatic heterocycles. The van der Waals surface area contributed by atoms with Crippen molar-refractivity contribution < 1.29 is 9.32 Å². The summed E-state index contributed by atoms with van der Waals surface area (Å²) < 4.78 is 5.33. The largest absolute Gasteiger partial charge is 0.334 e. The van der Waals surface area contributed by atoms with Crippen LogP contribution < -0.4 is 10.6 Å². The van der Waals surface area contributed by atoms with Crippen molar-refractivity contribution in [2.75, 3.05) is 12.4 Å². The molecule has 0 radical (unpaired) electrons. The van der Waals surface area contributed by atoms with Crippen LogP contribution >= 0.6 is 11.6 Å². The van der Waals surface area contributed by atoms with E-state index in [1.54, 1.807) is 18.2 Å². The molecule has 0 saturated carbocycles. The van der Waals surface area contributed by atoms with E-state index in [2.05, 4.69) is 20.8 Å². The molecule has 0 aliphatic rings. The van der Waals surface area contributed by atoms with Crippen LogP contribution in [-0.4, -0.2) is 29.1 Å². The van der Waals surface area contributed by atoms with E-state index in [9.17, 15) is 4.79 Å². The number of carbonyl (C=O) groups is 1. The predicted molar refractivity (Wildman–Crippen MR) is 99.7 cm³/mol. The average molecular weight is 365 g/mol. The van der Waals surface area contributed by atoms with Gasteiger partial charge in [-0.25, -0.2) is 0 Å². The highest BCUT2D eigenvalue weighted by Gasteiger charge is 2.18. The quantitative estimate of drug-likeness (QED) is 0.812. The van der Waals surface area contributed by atoms with Gasteiger partial charge in [-0.1, -0.05) is 37.5 Å². The zero-order valence-electron chi connectivity index (χ0n) is 15.3. The van der Waals surface area contributed by atoms with Crippen molar-refractivity contribution in [2.45, 2.75) is 46.6 Å². The summed E-state index contributed by atoms with van der Waals surface area (Å²) in [4.78, 5) is 16.5. The first kappa shape index (κ1) is 19.4. The van der Waals surface area contributed by atoms with Gasteiger partial charge in [-0.3, -0.25) is 4.79 Å². The molecule has 7 heteroatoms. The summed E-state index contributed by atoms with van der Waals surface area (Å²) in [6, 6.07) is 5.46. The third-order valence-electron chi connectivity index (χ3n) is 3.62. The van der Waals surface area contributed by atoms with Crippen molar-refractivity contribution in [1.29, 1.82) is 0 Å². The Morgan fingerprint density at radius 1 is 1.36 bits per heavy atom. The highest BCUT2D eigenvalue weighted by Crippen LogP contribution is 2.30. The lowest BCUT2D eigenvalue weighted by atomic mass is 9.92. The van der Waals surface area contributed by atoms with Crippen molar-refractivity contribution in [2.24, 2.45) is 5.41 Å². The standard InChI is InChI=1S/C18H25ClN4O2/c1-11(20-5)8-15-22-17(25-23-15)13-9-12(6-7-14(13)19)21-16(24)10-18(2,3)4/h6-7,9,11,20H,8,10H2,1-5H3,(H,21,24). The van der Waals surface area contributed by atoms with E-state index < -0.39 is 0 Å². The zero-order chi connectivity index (χ0) is 18.6. The Bertz CT molecular complexity index is 737. The number of benzene rings is 1. The number of nitrogens with one attached hydrogen (secondary N) is 2. The van der Waals surface area contributed by atoms with Crippen molar-refractivity contribution in [3.05, 3.63) is 29.0 Å². The first-order valence-corrected chi connectivity index (χ1v) is 8.65. The van der Waals surface area contributed by atoms with E-state index >= 15 is 0 Å². The molecule has 1 aromatic carbocycles. The second-order valence-corrected chi connectivity index (χ2v) is 7.80. The molecule has 2 N–H and O–H groups in total. The fraction of sp³-hybridized carbons (Fsp3) is 0.500. The van der Waals surface area contributed by atoms with E-state index in [0.717, 1.165) is 0 Å². The molecule has 136 valence electrons. The molecule has 0 bridgehead atoms. The van der Waals surface area contributed by atoms with Crippen LogP contribution in [0.25, 0.3) is 11.5 Å². The van der Waals surface area contributed by atoms with E-state index in [0.29, 0.717) is 40.8 Å². The van der Waals surface area contributed by atoms with E-state index in [4.69, 9.17) is 16.1 Å². The molecule has 1 unspecified atom stereocenters. The van der Waals surface area contributed by atoms with Crippen LogP contribution in [0.5, 0.6) is 0 Å². The topological polar surface area (TPSA) is 80.0 Å². The van der Waals surface area contributed by atoms with Crippen LogP contribution in [0.2, 0.25) is 5.02 Å². The highest BCUT2D eigenvalue weighted by atomic mass is 35.5. The van der Waals surface area contributed by atoms with Crippen molar-refractivity contribution in [1.82, 2.24) is 15.5 Å². The molecule has 0 aliphatic carbocycles. The van der Waals surface area contributed by atoms with Crippen molar-refractivity contribution in [3.63, 3.8) is 0 Å². The third-order valence-corrected chi connectivity index (χ3v) is 3.95. The van der Waals surface area contributed by atoms with Gasteiger partial charge in [0.1, 0.15) is 0 Å². The number of anilines is 1. The first-order chi connectivity index (χ1) is 11.7. The number of rotatable bonds is 6. The van der Waals surface area contributed by atoms with Gasteiger partial charge in [0.25, 0.3) is 5.89 Å². The van der Waals surface area contributed by atoms with Gasteiger partial charge in [0, 0.05) is 24.6 Å². The molecule has 0 spiro atoms. The maximum atomic E-state index is 12.1. The summed E-state index contributed by atoms with van der Waals surface area (Å²) in [5, 5.41) is 10.5. The SMILES string of the molecule is CNC(C)Cc1noc(-c2cc(NC(=O)CC(C)(C)C)ccc2Cl)n1. The van der Waals surface area contributed by atoms with Crippen LogP contribution in [0.4, 0.5) is 5.69 Å². The van der Waals surface area contributed by atoms with Crippen LogP contribution in [0.3, 0.4) is 0 Å². The summed E-state index contributed by atoms with van der Waals surface area (Å²) in [5.41, 5.74) is 1.17. The average Bonchev–Trinajstić information content (AvgIpc) is 2.95. The van der Waals surface area contributed by atoms with Gasteiger partial charge >= 0.3 is 0 Å². The Kier molecular flexibility index (Phi) is 6.19. The Morgan fingerprint density at radius 3 is 2.72 bits per heavy atom. The maximum absolute atomic E-state index is 12.1. The molecular formula is C18H25ClN4O2. The molecule has 1 aromatic heterocycles. The number of hydrogen-bond acceptors (Lipinski definition) is 5. The van der Waals surface area contributed by atoms with E-state index in [1.807, 2.05) is 34.7 Å². The van der Waals surface area contributed by atoms with Gasteiger partial charge in [0.05, 0.1) is 10.6 Å². The normalized spacial score (nSPS) is 12.9. The summed E-state index contributed by atoms with van der Waals surface area (Å²) in [6.07, 6.45) is 1.08. The van der Waals surface area contributed by atoms with Gasteiger partial charge in [0.2, 0.25) is 5.91 Å². The van der Waals surface area contributed by atoms with Gasteiger partial charge < -0.3 is 15.2 Å². The molecule has 0 saturated heterocycles. The minimum absolute atomic E-state index is 0.0464. The van der Waals surface area contributed by atoms with Gasteiger partial charge in [0.15, 0.2) is 5.82 Å². The molecule has 1 amide bonds. The van der Waals surface area contributed by atoms with Gasteiger partial charge in [-0.2, -0.15) is 4.98 Å². The van der Waals surface area contributed by atoms with Crippen molar-refractivity contribution >= 4 is 23.2 Å². The second-order valence-electron chi connectivity index (χ2n) is 7.39. The smallest absolute Gasteiger partial charge is 0.259 e. The van der Waals surface area contributed by atoms with Crippen LogP contribution in [0, 0.1) is 5.41 Å². The molecule has 2 rings (SSSR count). The lowest BCUT2D eigenvalue weighted by Gasteiger charge is -2.17. The lowest BCUT2D eigenvalue weighted by molar-refractivity contribution is -0.117. The van der Waals surface area contributed by atoms with Crippen LogP contribution in [0.1, 0.15) is 39.9 Å². The number of carbonyl (C=O) groups excluding carboxylic acids is 1. The summed E-state index contributed by atoms with van der Waals surface area (Å²) in [6.45, 7) is 8.10. The molecule has 6 nitrogen and oxygen atoms in total. The number of nitrogens with zero attached hydrogens (tertiary/aromatic N) is 2. The van der Waals surface area contributed by atoms with Crippen LogP contribution in [-0.2, 0) is 11.2 Å². The minimum atomic E-state index is -0.0786. The molecule has 2 aromatic rings. The Hall–Kier alpha value is -1.92. The van der Waals surface area contributed by atoms with Gasteiger partial charge in [-0.05, 0) is 37.6 Å². The molecular weight excluding hydrogens is 340 g/mol. The number of likely N-dealkylation sites (N-methyl/N-ethyl adjacent to an activating group) is 1. The first-order valence-electron chi connectivity index (χ1n) is 8.27. The summed E-state index contributed by atoms with van der Waals surface area (Å²) in [7, 11) is 1.88. The predicted octanol–water partition coefficient (Wildman–Crippen LogP) is 3.92. The fourth-order valence-corrected chi connectivity index (χ4v) is 2.47. The summed E-state index contributed by atoms with van der Waals surface area (Å²) >= 11 is 6.26. The fourth-order valence-electron chi connectivity index (χ4n) is 2.28. The Labute approximate surface area is 153 Å². The number of hydrogen-bond donors (Lipinski definition) is 2. The lowest BCUT2D eigenvalue weighted by Crippen LogP contribution is -2.24. The van der Waals surface area contributed by atoms with E-state index in [-0.39, 0.29) is 17.4 Å². The van der Waals surface area contributed by atoms with E-state index in [1.165, 1.54) is 0 Å². The highest BCUT2D eigenvalue weighted by molar-refractivity contribution is 6.33. The second kappa shape index (κ2) is 7.97.